The summed E-state index contributed by atoms with van der Waals surface area (Å²) in [4.78, 5) is 11.5. The van der Waals surface area contributed by atoms with Crippen LogP contribution in [0.25, 0.3) is 0 Å². The highest BCUT2D eigenvalue weighted by atomic mass is 16.5. The van der Waals surface area contributed by atoms with Crippen LogP contribution in [0, 0.1) is 0 Å². The minimum absolute atomic E-state index is 0.182. The molecule has 0 aliphatic rings. The molecule has 1 aromatic heterocycles. The van der Waals surface area contributed by atoms with Crippen LogP contribution in [-0.4, -0.2) is 26.7 Å². The van der Waals surface area contributed by atoms with Gasteiger partial charge in [0, 0.05) is 5.56 Å². The van der Waals surface area contributed by atoms with E-state index in [0.717, 1.165) is 11.3 Å². The van der Waals surface area contributed by atoms with E-state index < -0.39 is 5.97 Å². The summed E-state index contributed by atoms with van der Waals surface area (Å²) in [6, 6.07) is 10.9. The molecule has 5 nitrogen and oxygen atoms in total. The first-order chi connectivity index (χ1) is 10.2. The molecule has 0 amide bonds. The van der Waals surface area contributed by atoms with Crippen LogP contribution in [0.3, 0.4) is 0 Å². The van der Waals surface area contributed by atoms with Crippen molar-refractivity contribution in [1.82, 2.24) is 5.32 Å². The number of hydrogen-bond donors (Lipinski definition) is 1. The maximum atomic E-state index is 11.5. The van der Waals surface area contributed by atoms with Crippen molar-refractivity contribution in [1.29, 1.82) is 0 Å². The lowest BCUT2D eigenvalue weighted by Gasteiger charge is -2.18. The molecule has 0 aliphatic carbocycles. The Morgan fingerprint density at radius 3 is 2.71 bits per heavy atom. The lowest BCUT2D eigenvalue weighted by molar-refractivity contribution is 0.0562. The van der Waals surface area contributed by atoms with Gasteiger partial charge in [-0.3, -0.25) is 0 Å². The zero-order valence-corrected chi connectivity index (χ0v) is 12.4. The lowest BCUT2D eigenvalue weighted by atomic mass is 10.0. The van der Waals surface area contributed by atoms with Crippen molar-refractivity contribution in [3.8, 4) is 5.75 Å². The van der Waals surface area contributed by atoms with Crippen molar-refractivity contribution in [3.63, 3.8) is 0 Å². The number of carbonyl (C=O) groups is 1. The third-order valence-electron chi connectivity index (χ3n) is 3.12. The normalized spacial score (nSPS) is 12.0. The van der Waals surface area contributed by atoms with Crippen molar-refractivity contribution < 1.29 is 18.7 Å². The van der Waals surface area contributed by atoms with Crippen LogP contribution in [0.1, 0.15) is 34.8 Å². The van der Waals surface area contributed by atoms with Crippen molar-refractivity contribution >= 4 is 5.97 Å². The van der Waals surface area contributed by atoms with E-state index in [1.54, 1.807) is 12.1 Å². The van der Waals surface area contributed by atoms with E-state index in [4.69, 9.17) is 9.15 Å². The van der Waals surface area contributed by atoms with Crippen LogP contribution in [0.4, 0.5) is 0 Å². The summed E-state index contributed by atoms with van der Waals surface area (Å²) < 4.78 is 15.9. The van der Waals surface area contributed by atoms with E-state index in [9.17, 15) is 4.79 Å². The molecule has 5 heteroatoms. The first kappa shape index (κ1) is 15.1. The highest BCUT2D eigenvalue weighted by Crippen LogP contribution is 2.30. The standard InChI is InChI=1S/C16H19NO4/c1-4-20-12-8-6-5-7-11(12)15(17-2)13-9-10-14(21-13)16(18)19-3/h5-10,15,17H,4H2,1-3H3. The van der Waals surface area contributed by atoms with Gasteiger partial charge in [-0.1, -0.05) is 18.2 Å². The fourth-order valence-corrected chi connectivity index (χ4v) is 2.18. The average Bonchev–Trinajstić information content (AvgIpc) is 2.99. The Hall–Kier alpha value is -2.27. The minimum atomic E-state index is -0.491. The predicted octanol–water partition coefficient (Wildman–Crippen LogP) is 2.77. The van der Waals surface area contributed by atoms with Crippen LogP contribution in [0.2, 0.25) is 0 Å². The molecule has 1 aromatic carbocycles. The van der Waals surface area contributed by atoms with E-state index in [0.29, 0.717) is 12.4 Å². The number of methoxy groups -OCH3 is 1. The summed E-state index contributed by atoms with van der Waals surface area (Å²) in [5, 5.41) is 3.18. The lowest BCUT2D eigenvalue weighted by Crippen LogP contribution is -2.18. The molecule has 0 radical (unpaired) electrons. The Morgan fingerprint density at radius 1 is 1.29 bits per heavy atom. The Kier molecular flexibility index (Phi) is 5.00. The van der Waals surface area contributed by atoms with E-state index in [-0.39, 0.29) is 11.8 Å². The summed E-state index contributed by atoms with van der Waals surface area (Å²) in [5.74, 6) is 1.11. The van der Waals surface area contributed by atoms with Gasteiger partial charge < -0.3 is 19.2 Å². The molecule has 1 unspecified atom stereocenters. The smallest absolute Gasteiger partial charge is 0.373 e. The first-order valence-electron chi connectivity index (χ1n) is 6.78. The van der Waals surface area contributed by atoms with Crippen molar-refractivity contribution in [2.24, 2.45) is 0 Å². The third-order valence-corrected chi connectivity index (χ3v) is 3.12. The number of furan rings is 1. The molecular formula is C16H19NO4. The number of benzene rings is 1. The van der Waals surface area contributed by atoms with Crippen molar-refractivity contribution in [2.75, 3.05) is 20.8 Å². The Labute approximate surface area is 123 Å². The zero-order chi connectivity index (χ0) is 15.2. The molecule has 0 bridgehead atoms. The molecule has 0 spiro atoms. The number of nitrogens with one attached hydrogen (secondary N) is 1. The summed E-state index contributed by atoms with van der Waals surface area (Å²) >= 11 is 0. The topological polar surface area (TPSA) is 60.7 Å². The predicted molar refractivity (Wildman–Crippen MR) is 78.6 cm³/mol. The molecule has 2 aromatic rings. The summed E-state index contributed by atoms with van der Waals surface area (Å²) in [7, 11) is 3.15. The molecule has 0 fully saturated rings. The maximum absolute atomic E-state index is 11.5. The van der Waals surface area contributed by atoms with Gasteiger partial charge in [-0.2, -0.15) is 0 Å². The SMILES string of the molecule is CCOc1ccccc1C(NC)c1ccc(C(=O)OC)o1. The molecule has 0 saturated carbocycles. The molecule has 21 heavy (non-hydrogen) atoms. The number of para-hydroxylation sites is 1. The van der Waals surface area contributed by atoms with Crippen molar-refractivity contribution in [2.45, 2.75) is 13.0 Å². The molecule has 1 N–H and O–H groups in total. The highest BCUT2D eigenvalue weighted by molar-refractivity contribution is 5.86. The van der Waals surface area contributed by atoms with Crippen LogP contribution in [-0.2, 0) is 4.74 Å². The second-order valence-corrected chi connectivity index (χ2v) is 4.39. The Morgan fingerprint density at radius 2 is 2.05 bits per heavy atom. The molecular weight excluding hydrogens is 270 g/mol. The molecule has 0 saturated heterocycles. The first-order valence-corrected chi connectivity index (χ1v) is 6.78. The second kappa shape index (κ2) is 6.95. The number of esters is 1. The largest absolute Gasteiger partial charge is 0.494 e. The van der Waals surface area contributed by atoms with E-state index in [1.807, 2.05) is 38.2 Å². The second-order valence-electron chi connectivity index (χ2n) is 4.39. The highest BCUT2D eigenvalue weighted by Gasteiger charge is 2.21. The average molecular weight is 289 g/mol. The number of ether oxygens (including phenoxy) is 2. The van der Waals surface area contributed by atoms with Gasteiger partial charge in [0.2, 0.25) is 5.76 Å². The third kappa shape index (κ3) is 3.25. The Balaban J connectivity index is 2.35. The zero-order valence-electron chi connectivity index (χ0n) is 12.4. The minimum Gasteiger partial charge on any atom is -0.494 e. The molecule has 1 atom stereocenters. The molecule has 2 rings (SSSR count). The fourth-order valence-electron chi connectivity index (χ4n) is 2.18. The van der Waals surface area contributed by atoms with Crippen LogP contribution in [0.15, 0.2) is 40.8 Å². The van der Waals surface area contributed by atoms with Gasteiger partial charge in [0.15, 0.2) is 0 Å². The van der Waals surface area contributed by atoms with E-state index >= 15 is 0 Å². The summed E-state index contributed by atoms with van der Waals surface area (Å²) in [5.41, 5.74) is 0.951. The van der Waals surface area contributed by atoms with Gasteiger partial charge in [-0.25, -0.2) is 4.79 Å². The number of rotatable bonds is 6. The van der Waals surface area contributed by atoms with Gasteiger partial charge in [-0.15, -0.1) is 0 Å². The number of carbonyl (C=O) groups excluding carboxylic acids is 1. The van der Waals surface area contributed by atoms with Gasteiger partial charge in [0.05, 0.1) is 19.8 Å². The Bertz CT molecular complexity index is 606. The molecule has 1 heterocycles. The molecule has 112 valence electrons. The maximum Gasteiger partial charge on any atom is 0.373 e. The van der Waals surface area contributed by atoms with Crippen LogP contribution >= 0.6 is 0 Å². The van der Waals surface area contributed by atoms with Gasteiger partial charge in [0.1, 0.15) is 11.5 Å². The summed E-state index contributed by atoms with van der Waals surface area (Å²) in [6.07, 6.45) is 0. The van der Waals surface area contributed by atoms with Crippen molar-refractivity contribution in [3.05, 3.63) is 53.5 Å². The molecule has 0 aliphatic heterocycles. The quantitative estimate of drug-likeness (QED) is 0.829. The summed E-state index contributed by atoms with van der Waals surface area (Å²) in [6.45, 7) is 2.52. The monoisotopic (exact) mass is 289 g/mol. The van der Waals surface area contributed by atoms with Gasteiger partial charge in [0.25, 0.3) is 0 Å². The van der Waals surface area contributed by atoms with Gasteiger partial charge >= 0.3 is 5.97 Å². The van der Waals surface area contributed by atoms with Crippen LogP contribution in [0.5, 0.6) is 5.75 Å². The van der Waals surface area contributed by atoms with Crippen LogP contribution < -0.4 is 10.1 Å². The number of hydrogen-bond acceptors (Lipinski definition) is 5. The van der Waals surface area contributed by atoms with E-state index in [1.165, 1.54) is 7.11 Å². The fraction of sp³-hybridized carbons (Fsp3) is 0.312. The van der Waals surface area contributed by atoms with E-state index in [2.05, 4.69) is 10.1 Å². The van der Waals surface area contributed by atoms with Gasteiger partial charge in [-0.05, 0) is 32.2 Å².